The van der Waals surface area contributed by atoms with Gasteiger partial charge in [-0.15, -0.1) is 0 Å². The Hall–Kier alpha value is -2.58. The number of aliphatic hydroxyl groups excluding tert-OH is 1. The molecule has 24 heavy (non-hydrogen) atoms. The van der Waals surface area contributed by atoms with Crippen molar-refractivity contribution in [3.8, 4) is 0 Å². The minimum Gasteiger partial charge on any atom is -0.392 e. The zero-order valence-corrected chi connectivity index (χ0v) is 13.7. The number of nitrogens with one attached hydrogen (secondary N) is 2. The number of fused-ring (bicyclic) bond motifs is 1. The predicted octanol–water partition coefficient (Wildman–Crippen LogP) is 1.43. The summed E-state index contributed by atoms with van der Waals surface area (Å²) in [4.78, 5) is 16.5. The second-order valence-corrected chi connectivity index (χ2v) is 7.37. The van der Waals surface area contributed by atoms with Crippen LogP contribution in [0.1, 0.15) is 6.92 Å². The van der Waals surface area contributed by atoms with Crippen molar-refractivity contribution in [2.45, 2.75) is 17.9 Å². The highest BCUT2D eigenvalue weighted by Crippen LogP contribution is 2.25. The Labute approximate surface area is 138 Å². The molecule has 3 aromatic rings. The first-order valence-corrected chi connectivity index (χ1v) is 8.80. The van der Waals surface area contributed by atoms with Gasteiger partial charge in [0.1, 0.15) is 0 Å². The Bertz CT molecular complexity index is 1010. The number of hydrogen-bond donors (Lipinski definition) is 3. The fraction of sp³-hybridized carbons (Fsp3) is 0.188. The van der Waals surface area contributed by atoms with Gasteiger partial charge in [-0.25, -0.2) is 13.2 Å². The Morgan fingerprint density at radius 2 is 1.75 bits per heavy atom. The Morgan fingerprint density at radius 1 is 1.08 bits per heavy atom. The molecule has 0 fully saturated rings. The molecule has 0 aliphatic carbocycles. The van der Waals surface area contributed by atoms with Gasteiger partial charge in [-0.1, -0.05) is 18.2 Å². The average Bonchev–Trinajstić information content (AvgIpc) is 2.92. The van der Waals surface area contributed by atoms with Crippen molar-refractivity contribution in [3.05, 3.63) is 59.0 Å². The lowest BCUT2D eigenvalue weighted by Gasteiger charge is -2.25. The van der Waals surface area contributed by atoms with Crippen molar-refractivity contribution in [3.63, 3.8) is 0 Å². The van der Waals surface area contributed by atoms with Crippen molar-refractivity contribution in [2.24, 2.45) is 0 Å². The van der Waals surface area contributed by atoms with E-state index in [9.17, 15) is 18.3 Å². The summed E-state index contributed by atoms with van der Waals surface area (Å²) in [6.45, 7) is 1.45. The van der Waals surface area contributed by atoms with Crippen LogP contribution in [0.5, 0.6) is 0 Å². The highest BCUT2D eigenvalue weighted by atomic mass is 32.2. The number of sulfonamides is 1. The average molecular weight is 347 g/mol. The fourth-order valence-corrected chi connectivity index (χ4v) is 4.05. The van der Waals surface area contributed by atoms with E-state index in [0.29, 0.717) is 16.7 Å². The molecule has 1 heterocycles. The summed E-state index contributed by atoms with van der Waals surface area (Å²) in [5.41, 5.74) is 0.997. The number of nitrogens with zero attached hydrogens (tertiary/aromatic N) is 1. The van der Waals surface area contributed by atoms with Crippen LogP contribution in [-0.4, -0.2) is 36.1 Å². The van der Waals surface area contributed by atoms with Crippen LogP contribution in [0.3, 0.4) is 0 Å². The van der Waals surface area contributed by atoms with Gasteiger partial charge in [0, 0.05) is 0 Å². The summed E-state index contributed by atoms with van der Waals surface area (Å²) in [6, 6.07) is 12.9. The fourth-order valence-electron chi connectivity index (χ4n) is 2.48. The quantitative estimate of drug-likeness (QED) is 0.649. The molecule has 0 saturated heterocycles. The Morgan fingerprint density at radius 3 is 2.42 bits per heavy atom. The molecular weight excluding hydrogens is 330 g/mol. The van der Waals surface area contributed by atoms with Crippen LogP contribution in [-0.2, 0) is 10.0 Å². The third-order valence-corrected chi connectivity index (χ3v) is 5.34. The molecular formula is C16H17N3O4S. The van der Waals surface area contributed by atoms with Crippen molar-refractivity contribution in [1.82, 2.24) is 9.97 Å². The molecule has 1 aromatic heterocycles. The van der Waals surface area contributed by atoms with Crippen LogP contribution < -0.4 is 9.99 Å². The largest absolute Gasteiger partial charge is 0.392 e. The van der Waals surface area contributed by atoms with E-state index in [0.717, 1.165) is 4.31 Å². The minimum atomic E-state index is -3.89. The van der Waals surface area contributed by atoms with E-state index in [4.69, 9.17) is 0 Å². The summed E-state index contributed by atoms with van der Waals surface area (Å²) < 4.78 is 27.2. The molecule has 0 spiro atoms. The van der Waals surface area contributed by atoms with Crippen LogP contribution in [0.15, 0.2) is 58.2 Å². The van der Waals surface area contributed by atoms with E-state index in [-0.39, 0.29) is 11.4 Å². The van der Waals surface area contributed by atoms with Crippen molar-refractivity contribution >= 4 is 26.7 Å². The maximum atomic E-state index is 13.0. The SMILES string of the molecule is C[C@H](O)CN(c1ccccc1)S(=O)(=O)c1ccc2[nH]c(=O)[nH]c2c1. The molecule has 0 aliphatic heterocycles. The van der Waals surface area contributed by atoms with Crippen LogP contribution in [0, 0.1) is 0 Å². The number of aromatic amines is 2. The van der Waals surface area contributed by atoms with Gasteiger partial charge in [0.05, 0.1) is 34.3 Å². The van der Waals surface area contributed by atoms with Crippen LogP contribution in [0.4, 0.5) is 5.69 Å². The molecule has 3 rings (SSSR count). The molecule has 0 saturated carbocycles. The number of aliphatic hydroxyl groups is 1. The maximum Gasteiger partial charge on any atom is 0.323 e. The van der Waals surface area contributed by atoms with E-state index < -0.39 is 21.8 Å². The molecule has 0 radical (unpaired) electrons. The van der Waals surface area contributed by atoms with E-state index in [1.165, 1.54) is 25.1 Å². The first-order valence-electron chi connectivity index (χ1n) is 7.36. The third-order valence-electron chi connectivity index (χ3n) is 3.55. The molecule has 7 nitrogen and oxygen atoms in total. The lowest BCUT2D eigenvalue weighted by molar-refractivity contribution is 0.204. The van der Waals surface area contributed by atoms with Gasteiger partial charge < -0.3 is 15.1 Å². The number of hydrogen-bond acceptors (Lipinski definition) is 4. The predicted molar refractivity (Wildman–Crippen MR) is 91.6 cm³/mol. The molecule has 8 heteroatoms. The molecule has 0 aliphatic rings. The zero-order valence-electron chi connectivity index (χ0n) is 12.9. The summed E-state index contributed by atoms with van der Waals surface area (Å²) >= 11 is 0. The standard InChI is InChI=1S/C16H17N3O4S/c1-11(20)10-19(12-5-3-2-4-6-12)24(22,23)13-7-8-14-15(9-13)18-16(21)17-14/h2-9,11,20H,10H2,1H3,(H2,17,18,21)/t11-/m0/s1. The zero-order chi connectivity index (χ0) is 17.3. The number of aromatic nitrogens is 2. The second kappa shape index (κ2) is 6.14. The third kappa shape index (κ3) is 3.06. The van der Waals surface area contributed by atoms with Crippen LogP contribution in [0.25, 0.3) is 11.0 Å². The normalized spacial score (nSPS) is 13.1. The van der Waals surface area contributed by atoms with E-state index in [1.54, 1.807) is 30.3 Å². The minimum absolute atomic E-state index is 0.0368. The topological polar surface area (TPSA) is 106 Å². The second-order valence-electron chi connectivity index (χ2n) is 5.51. The number of benzene rings is 2. The van der Waals surface area contributed by atoms with Crippen molar-refractivity contribution in [2.75, 3.05) is 10.8 Å². The van der Waals surface area contributed by atoms with Gasteiger partial charge >= 0.3 is 5.69 Å². The van der Waals surface area contributed by atoms with Gasteiger partial charge in [0.15, 0.2) is 0 Å². The number of para-hydroxylation sites is 1. The monoisotopic (exact) mass is 347 g/mol. The Balaban J connectivity index is 2.11. The van der Waals surface area contributed by atoms with Crippen LogP contribution in [0.2, 0.25) is 0 Å². The highest BCUT2D eigenvalue weighted by molar-refractivity contribution is 7.92. The number of H-pyrrole nitrogens is 2. The van der Waals surface area contributed by atoms with Gasteiger partial charge in [-0.3, -0.25) is 4.31 Å². The van der Waals surface area contributed by atoms with E-state index >= 15 is 0 Å². The lowest BCUT2D eigenvalue weighted by Crippen LogP contribution is -2.36. The van der Waals surface area contributed by atoms with E-state index in [2.05, 4.69) is 9.97 Å². The lowest BCUT2D eigenvalue weighted by atomic mass is 10.3. The molecule has 0 amide bonds. The van der Waals surface area contributed by atoms with Crippen molar-refractivity contribution in [1.29, 1.82) is 0 Å². The molecule has 126 valence electrons. The number of imidazole rings is 1. The molecule has 3 N–H and O–H groups in total. The smallest absolute Gasteiger partial charge is 0.323 e. The summed E-state index contributed by atoms with van der Waals surface area (Å²) in [7, 11) is -3.89. The van der Waals surface area contributed by atoms with E-state index in [1.807, 2.05) is 0 Å². The number of anilines is 1. The first kappa shape index (κ1) is 16.3. The molecule has 1 atom stereocenters. The summed E-state index contributed by atoms with van der Waals surface area (Å²) in [5, 5.41) is 9.71. The van der Waals surface area contributed by atoms with Crippen LogP contribution >= 0.6 is 0 Å². The summed E-state index contributed by atoms with van der Waals surface area (Å²) in [6.07, 6.45) is -0.837. The molecule has 2 aromatic carbocycles. The van der Waals surface area contributed by atoms with Crippen molar-refractivity contribution < 1.29 is 13.5 Å². The number of rotatable bonds is 5. The molecule has 0 unspecified atom stereocenters. The molecule has 0 bridgehead atoms. The Kier molecular flexibility index (Phi) is 4.16. The summed E-state index contributed by atoms with van der Waals surface area (Å²) in [5.74, 6) is 0. The highest BCUT2D eigenvalue weighted by Gasteiger charge is 2.26. The van der Waals surface area contributed by atoms with Gasteiger partial charge in [-0.05, 0) is 37.3 Å². The first-order chi connectivity index (χ1) is 11.4. The van der Waals surface area contributed by atoms with Gasteiger partial charge in [-0.2, -0.15) is 0 Å². The maximum absolute atomic E-state index is 13.0. The van der Waals surface area contributed by atoms with Gasteiger partial charge in [0.25, 0.3) is 10.0 Å². The van der Waals surface area contributed by atoms with Gasteiger partial charge in [0.2, 0.25) is 0 Å².